The van der Waals surface area contributed by atoms with Crippen LogP contribution >= 0.6 is 0 Å². The molecule has 2 N–H and O–H groups in total. The Morgan fingerprint density at radius 3 is 1.73 bits per heavy atom. The molecule has 2 aromatic rings. The van der Waals surface area contributed by atoms with Gasteiger partial charge >= 0.3 is 0 Å². The topological polar surface area (TPSA) is 123 Å². The van der Waals surface area contributed by atoms with Crippen LogP contribution in [0.5, 0.6) is 0 Å². The van der Waals surface area contributed by atoms with Gasteiger partial charge in [-0.15, -0.1) is 0 Å². The molecule has 1 aromatic carbocycles. The number of nitrogens with zero attached hydrogens (tertiary/aromatic N) is 3. The van der Waals surface area contributed by atoms with Gasteiger partial charge in [0, 0.05) is 39.4 Å². The number of rotatable bonds is 5. The van der Waals surface area contributed by atoms with Gasteiger partial charge in [-0.2, -0.15) is 8.61 Å². The van der Waals surface area contributed by atoms with Crippen LogP contribution in [0.15, 0.2) is 34.2 Å². The average molecular weight is 497 g/mol. The van der Waals surface area contributed by atoms with E-state index >= 15 is 0 Å². The van der Waals surface area contributed by atoms with Crippen molar-refractivity contribution in [1.82, 2.24) is 13.2 Å². The largest absolute Gasteiger partial charge is 0.364 e. The second-order valence-corrected chi connectivity index (χ2v) is 13.3. The van der Waals surface area contributed by atoms with Crippen LogP contribution in [0.1, 0.15) is 48.0 Å². The van der Waals surface area contributed by atoms with Crippen LogP contribution in [-0.2, 0) is 32.5 Å². The molecule has 11 heteroatoms. The molecule has 33 heavy (non-hydrogen) atoms. The Labute approximate surface area is 196 Å². The molecule has 0 radical (unpaired) electrons. The lowest BCUT2D eigenvalue weighted by Crippen LogP contribution is -2.50. The first-order valence-corrected chi connectivity index (χ1v) is 13.5. The zero-order chi connectivity index (χ0) is 24.9. The number of nitrogens with two attached hydrogens (primary N) is 1. The Morgan fingerprint density at radius 1 is 0.879 bits per heavy atom. The molecule has 1 amide bonds. The van der Waals surface area contributed by atoms with Crippen molar-refractivity contribution in [2.75, 3.05) is 26.2 Å². The van der Waals surface area contributed by atoms with Crippen molar-refractivity contribution in [3.8, 4) is 0 Å². The molecule has 0 atom stereocenters. The van der Waals surface area contributed by atoms with E-state index in [2.05, 4.69) is 20.8 Å². The third-order valence-electron chi connectivity index (χ3n) is 5.99. The number of hydrogen-bond acceptors (Lipinski definition) is 5. The lowest BCUT2D eigenvalue weighted by Gasteiger charge is -2.34. The smallest absolute Gasteiger partial charge is 0.265 e. The molecule has 3 rings (SSSR count). The molecule has 0 aliphatic carbocycles. The van der Waals surface area contributed by atoms with Gasteiger partial charge in [0.1, 0.15) is 10.6 Å². The normalized spacial score (nSPS) is 16.8. The summed E-state index contributed by atoms with van der Waals surface area (Å²) in [5.41, 5.74) is 7.68. The Balaban J connectivity index is 1.83. The highest BCUT2D eigenvalue weighted by atomic mass is 32.2. The van der Waals surface area contributed by atoms with Crippen molar-refractivity contribution in [2.24, 2.45) is 12.8 Å². The molecule has 1 saturated heterocycles. The number of aromatic nitrogens is 1. The number of piperazine rings is 1. The van der Waals surface area contributed by atoms with Crippen molar-refractivity contribution in [3.63, 3.8) is 0 Å². The van der Waals surface area contributed by atoms with E-state index in [4.69, 9.17) is 5.73 Å². The molecule has 0 unspecified atom stereocenters. The Bertz CT molecular complexity index is 1270. The Kier molecular flexibility index (Phi) is 6.57. The fraction of sp³-hybridized carbons (Fsp3) is 0.500. The van der Waals surface area contributed by atoms with Gasteiger partial charge in [-0.25, -0.2) is 16.8 Å². The summed E-state index contributed by atoms with van der Waals surface area (Å²) in [6.07, 6.45) is 1.34. The van der Waals surface area contributed by atoms with E-state index in [0.29, 0.717) is 11.1 Å². The minimum atomic E-state index is -3.89. The van der Waals surface area contributed by atoms with Crippen LogP contribution in [0.4, 0.5) is 0 Å². The van der Waals surface area contributed by atoms with E-state index < -0.39 is 26.0 Å². The highest BCUT2D eigenvalue weighted by molar-refractivity contribution is 7.89. The van der Waals surface area contributed by atoms with Gasteiger partial charge in [0.25, 0.3) is 5.91 Å². The molecule has 1 aliphatic heterocycles. The SMILES string of the molecule is Cc1cc(C(C)(C)C)cc(C)c1S(=O)(=O)N1CCN(S(=O)(=O)c2cc(C(N)=O)n(C)c2)CC1. The van der Waals surface area contributed by atoms with E-state index in [9.17, 15) is 21.6 Å². The van der Waals surface area contributed by atoms with Crippen molar-refractivity contribution in [1.29, 1.82) is 0 Å². The molecular formula is C22H32N4O5S2. The summed E-state index contributed by atoms with van der Waals surface area (Å²) in [6.45, 7) is 9.93. The van der Waals surface area contributed by atoms with Gasteiger partial charge in [-0.05, 0) is 42.0 Å². The average Bonchev–Trinajstić information content (AvgIpc) is 3.09. The second kappa shape index (κ2) is 8.53. The predicted octanol–water partition coefficient (Wildman–Crippen LogP) is 1.73. The summed E-state index contributed by atoms with van der Waals surface area (Å²) in [7, 11) is -6.13. The molecule has 1 fully saturated rings. The summed E-state index contributed by atoms with van der Waals surface area (Å²) in [5.74, 6) is -0.724. The van der Waals surface area contributed by atoms with Crippen molar-refractivity contribution < 1.29 is 21.6 Å². The quantitative estimate of drug-likeness (QED) is 0.675. The summed E-state index contributed by atoms with van der Waals surface area (Å²) in [5, 5.41) is 0. The van der Waals surface area contributed by atoms with E-state index in [-0.39, 0.29) is 47.1 Å². The number of aryl methyl sites for hydroxylation is 3. The first kappa shape index (κ1) is 25.4. The first-order valence-electron chi connectivity index (χ1n) is 10.6. The number of benzene rings is 1. The third-order valence-corrected chi connectivity index (χ3v) is 10.1. The summed E-state index contributed by atoms with van der Waals surface area (Å²) < 4.78 is 56.9. The molecule has 1 aliphatic rings. The summed E-state index contributed by atoms with van der Waals surface area (Å²) >= 11 is 0. The maximum Gasteiger partial charge on any atom is 0.265 e. The van der Waals surface area contributed by atoms with E-state index in [1.165, 1.54) is 25.4 Å². The van der Waals surface area contributed by atoms with E-state index in [1.54, 1.807) is 20.9 Å². The number of hydrogen-bond donors (Lipinski definition) is 1. The number of carbonyl (C=O) groups excluding carboxylic acids is 1. The van der Waals surface area contributed by atoms with Crippen molar-refractivity contribution in [3.05, 3.63) is 46.8 Å². The standard InChI is InChI=1S/C22H32N4O5S2/c1-15-11-17(22(3,4)5)12-16(2)20(15)33(30,31)26-9-7-25(8-10-26)32(28,29)18-13-19(21(23)27)24(6)14-18/h11-14H,7-10H2,1-6H3,(H2,23,27). The minimum absolute atomic E-state index is 0.0144. The Morgan fingerprint density at radius 2 is 1.33 bits per heavy atom. The molecule has 0 saturated carbocycles. The van der Waals surface area contributed by atoms with Crippen LogP contribution in [0.2, 0.25) is 0 Å². The number of primary amides is 1. The Hall–Kier alpha value is -2.21. The third kappa shape index (κ3) is 4.72. The molecule has 1 aromatic heterocycles. The lowest BCUT2D eigenvalue weighted by molar-refractivity contribution is 0.0992. The van der Waals surface area contributed by atoms with Gasteiger partial charge in [0.2, 0.25) is 20.0 Å². The van der Waals surface area contributed by atoms with Crippen LogP contribution in [0.25, 0.3) is 0 Å². The lowest BCUT2D eigenvalue weighted by atomic mass is 9.85. The van der Waals surface area contributed by atoms with Crippen molar-refractivity contribution >= 4 is 26.0 Å². The van der Waals surface area contributed by atoms with Gasteiger partial charge in [0.05, 0.1) is 4.90 Å². The van der Waals surface area contributed by atoms with Gasteiger partial charge in [0.15, 0.2) is 0 Å². The molecule has 0 spiro atoms. The maximum absolute atomic E-state index is 13.4. The number of carbonyl (C=O) groups is 1. The summed E-state index contributed by atoms with van der Waals surface area (Å²) in [6, 6.07) is 5.06. The van der Waals surface area contributed by atoms with Crippen molar-refractivity contribution in [2.45, 2.75) is 49.8 Å². The minimum Gasteiger partial charge on any atom is -0.364 e. The van der Waals surface area contributed by atoms with Gasteiger partial charge in [-0.3, -0.25) is 4.79 Å². The molecule has 0 bridgehead atoms. The molecule has 182 valence electrons. The predicted molar refractivity (Wildman–Crippen MR) is 126 cm³/mol. The highest BCUT2D eigenvalue weighted by Crippen LogP contribution is 2.31. The first-order chi connectivity index (χ1) is 15.1. The number of sulfonamides is 2. The summed E-state index contributed by atoms with van der Waals surface area (Å²) in [4.78, 5) is 11.7. The van der Waals surface area contributed by atoms with Crippen LogP contribution in [0, 0.1) is 13.8 Å². The number of amides is 1. The highest BCUT2D eigenvalue weighted by Gasteiger charge is 2.36. The zero-order valence-corrected chi connectivity index (χ0v) is 21.5. The van der Waals surface area contributed by atoms with Crippen LogP contribution < -0.4 is 5.73 Å². The molecular weight excluding hydrogens is 464 g/mol. The van der Waals surface area contributed by atoms with E-state index in [0.717, 1.165) is 5.56 Å². The van der Waals surface area contributed by atoms with Gasteiger partial charge in [-0.1, -0.05) is 32.9 Å². The van der Waals surface area contributed by atoms with Gasteiger partial charge < -0.3 is 10.3 Å². The van der Waals surface area contributed by atoms with Crippen LogP contribution in [-0.4, -0.2) is 62.1 Å². The maximum atomic E-state index is 13.4. The monoisotopic (exact) mass is 496 g/mol. The fourth-order valence-electron chi connectivity index (χ4n) is 4.14. The van der Waals surface area contributed by atoms with Crippen LogP contribution in [0.3, 0.4) is 0 Å². The fourth-order valence-corrected chi connectivity index (χ4v) is 7.47. The molecule has 9 nitrogen and oxygen atoms in total. The second-order valence-electron chi connectivity index (χ2n) is 9.53. The molecule has 2 heterocycles. The van der Waals surface area contributed by atoms with E-state index in [1.807, 2.05) is 12.1 Å². The zero-order valence-electron chi connectivity index (χ0n) is 19.9.